The molecule has 0 aliphatic heterocycles. The monoisotopic (exact) mass is 326 g/mol. The molecule has 6 nitrogen and oxygen atoms in total. The topological polar surface area (TPSA) is 80.0 Å². The Bertz CT molecular complexity index is 620. The molecule has 0 bridgehead atoms. The van der Waals surface area contributed by atoms with Crippen LogP contribution in [0.25, 0.3) is 5.69 Å². The molecular formula is C13H15ClN4O2S. The van der Waals surface area contributed by atoms with Crippen LogP contribution in [-0.4, -0.2) is 44.2 Å². The van der Waals surface area contributed by atoms with Crippen LogP contribution in [0.3, 0.4) is 0 Å². The number of amides is 1. The molecule has 1 amide bonds. The Morgan fingerprint density at radius 2 is 2.38 bits per heavy atom. The van der Waals surface area contributed by atoms with Crippen LogP contribution in [0, 0.1) is 0 Å². The van der Waals surface area contributed by atoms with Gasteiger partial charge in [-0.15, -0.1) is 10.2 Å². The molecular weight excluding hydrogens is 312 g/mol. The SMILES string of the molecule is CC(CO)NC(=O)CSc1nncn1-c1cccc(Cl)c1. The molecule has 1 aromatic heterocycles. The number of rotatable bonds is 6. The van der Waals surface area contributed by atoms with Gasteiger partial charge in [-0.3, -0.25) is 9.36 Å². The van der Waals surface area contributed by atoms with Crippen LogP contribution >= 0.6 is 23.4 Å². The summed E-state index contributed by atoms with van der Waals surface area (Å²) in [6.07, 6.45) is 1.57. The fourth-order valence-electron chi connectivity index (χ4n) is 1.62. The first-order valence-electron chi connectivity index (χ1n) is 6.29. The smallest absolute Gasteiger partial charge is 0.230 e. The number of nitrogens with zero attached hydrogens (tertiary/aromatic N) is 3. The third kappa shape index (κ3) is 4.45. The van der Waals surface area contributed by atoms with Crippen molar-refractivity contribution in [1.82, 2.24) is 20.1 Å². The van der Waals surface area contributed by atoms with Gasteiger partial charge in [-0.2, -0.15) is 0 Å². The van der Waals surface area contributed by atoms with E-state index in [0.29, 0.717) is 10.2 Å². The second-order valence-corrected chi connectivity index (χ2v) is 5.78. The minimum Gasteiger partial charge on any atom is -0.394 e. The van der Waals surface area contributed by atoms with Crippen molar-refractivity contribution in [2.45, 2.75) is 18.1 Å². The Morgan fingerprint density at radius 3 is 3.10 bits per heavy atom. The van der Waals surface area contributed by atoms with Gasteiger partial charge in [-0.25, -0.2) is 0 Å². The second-order valence-electron chi connectivity index (χ2n) is 4.40. The van der Waals surface area contributed by atoms with Crippen LogP contribution in [0.4, 0.5) is 0 Å². The summed E-state index contributed by atoms with van der Waals surface area (Å²) in [5.41, 5.74) is 0.833. The molecule has 0 aliphatic rings. The highest BCUT2D eigenvalue weighted by molar-refractivity contribution is 7.99. The number of halogens is 1. The van der Waals surface area contributed by atoms with Gasteiger partial charge in [-0.05, 0) is 25.1 Å². The number of benzene rings is 1. The highest BCUT2D eigenvalue weighted by Gasteiger charge is 2.11. The molecule has 1 heterocycles. The standard InChI is InChI=1S/C13H15ClN4O2S/c1-9(6-19)16-12(20)7-21-13-17-15-8-18(13)11-4-2-3-10(14)5-11/h2-5,8-9,19H,6-7H2,1H3,(H,16,20). The maximum Gasteiger partial charge on any atom is 0.230 e. The molecule has 0 saturated carbocycles. The molecule has 1 unspecified atom stereocenters. The van der Waals surface area contributed by atoms with E-state index in [1.165, 1.54) is 11.8 Å². The van der Waals surface area contributed by atoms with Crippen LogP contribution in [0.15, 0.2) is 35.7 Å². The summed E-state index contributed by atoms with van der Waals surface area (Å²) in [6, 6.07) is 7.04. The van der Waals surface area contributed by atoms with E-state index in [4.69, 9.17) is 16.7 Å². The number of thioether (sulfide) groups is 1. The molecule has 0 fully saturated rings. The van der Waals surface area contributed by atoms with Crippen LogP contribution in [0.1, 0.15) is 6.92 Å². The summed E-state index contributed by atoms with van der Waals surface area (Å²) >= 11 is 7.23. The van der Waals surface area contributed by atoms with E-state index in [0.717, 1.165) is 5.69 Å². The number of hydrogen-bond acceptors (Lipinski definition) is 5. The van der Waals surface area contributed by atoms with Crippen LogP contribution in [-0.2, 0) is 4.79 Å². The Kier molecular flexibility index (Phi) is 5.60. The molecule has 112 valence electrons. The van der Waals surface area contributed by atoms with Crippen molar-refractivity contribution in [3.8, 4) is 5.69 Å². The number of hydrogen-bond donors (Lipinski definition) is 2. The van der Waals surface area contributed by atoms with E-state index in [1.807, 2.05) is 12.1 Å². The molecule has 1 atom stereocenters. The number of carbonyl (C=O) groups is 1. The first-order valence-corrected chi connectivity index (χ1v) is 7.65. The lowest BCUT2D eigenvalue weighted by molar-refractivity contribution is -0.119. The summed E-state index contributed by atoms with van der Waals surface area (Å²) in [6.45, 7) is 1.64. The van der Waals surface area contributed by atoms with Crippen LogP contribution in [0.5, 0.6) is 0 Å². The highest BCUT2D eigenvalue weighted by Crippen LogP contribution is 2.21. The fourth-order valence-corrected chi connectivity index (χ4v) is 2.54. The lowest BCUT2D eigenvalue weighted by Crippen LogP contribution is -2.36. The van der Waals surface area contributed by atoms with E-state index in [-0.39, 0.29) is 24.3 Å². The van der Waals surface area contributed by atoms with Crippen molar-refractivity contribution in [2.24, 2.45) is 0 Å². The van der Waals surface area contributed by atoms with Crippen molar-refractivity contribution in [3.05, 3.63) is 35.6 Å². The van der Waals surface area contributed by atoms with Crippen LogP contribution in [0.2, 0.25) is 5.02 Å². The molecule has 1 aromatic carbocycles. The van der Waals surface area contributed by atoms with Crippen molar-refractivity contribution in [2.75, 3.05) is 12.4 Å². The van der Waals surface area contributed by atoms with Crippen molar-refractivity contribution < 1.29 is 9.90 Å². The average molecular weight is 327 g/mol. The maximum atomic E-state index is 11.7. The highest BCUT2D eigenvalue weighted by atomic mass is 35.5. The molecule has 0 saturated heterocycles. The number of nitrogens with one attached hydrogen (secondary N) is 1. The van der Waals surface area contributed by atoms with Gasteiger partial charge in [-0.1, -0.05) is 29.4 Å². The van der Waals surface area contributed by atoms with E-state index in [2.05, 4.69) is 15.5 Å². The lowest BCUT2D eigenvalue weighted by Gasteiger charge is -2.10. The normalized spacial score (nSPS) is 12.1. The summed E-state index contributed by atoms with van der Waals surface area (Å²) in [4.78, 5) is 11.7. The number of carbonyl (C=O) groups excluding carboxylic acids is 1. The van der Waals surface area contributed by atoms with E-state index < -0.39 is 0 Å². The molecule has 2 aromatic rings. The van der Waals surface area contributed by atoms with Crippen molar-refractivity contribution >= 4 is 29.3 Å². The van der Waals surface area contributed by atoms with Crippen LogP contribution < -0.4 is 5.32 Å². The molecule has 0 radical (unpaired) electrons. The zero-order valence-electron chi connectivity index (χ0n) is 11.4. The first-order chi connectivity index (χ1) is 10.1. The van der Waals surface area contributed by atoms with Gasteiger partial charge >= 0.3 is 0 Å². The van der Waals surface area contributed by atoms with Gasteiger partial charge in [0.05, 0.1) is 18.0 Å². The van der Waals surface area contributed by atoms with Gasteiger partial charge in [0.25, 0.3) is 0 Å². The zero-order valence-corrected chi connectivity index (χ0v) is 12.9. The summed E-state index contributed by atoms with van der Waals surface area (Å²) in [5, 5.41) is 20.6. The number of aromatic nitrogens is 3. The van der Waals surface area contributed by atoms with Gasteiger partial charge in [0.15, 0.2) is 5.16 Å². The summed E-state index contributed by atoms with van der Waals surface area (Å²) in [7, 11) is 0. The lowest BCUT2D eigenvalue weighted by atomic mass is 10.3. The fraction of sp³-hybridized carbons (Fsp3) is 0.308. The molecule has 8 heteroatoms. The number of aliphatic hydroxyl groups is 1. The zero-order chi connectivity index (χ0) is 15.2. The third-order valence-corrected chi connectivity index (χ3v) is 3.79. The maximum absolute atomic E-state index is 11.7. The predicted molar refractivity (Wildman–Crippen MR) is 81.8 cm³/mol. The number of aliphatic hydroxyl groups excluding tert-OH is 1. The quantitative estimate of drug-likeness (QED) is 0.787. The molecule has 2 N–H and O–H groups in total. The summed E-state index contributed by atoms with van der Waals surface area (Å²) in [5.74, 6) is 0.0334. The molecule has 0 spiro atoms. The molecule has 0 aliphatic carbocycles. The van der Waals surface area contributed by atoms with Gasteiger partial charge in [0, 0.05) is 11.1 Å². The third-order valence-electron chi connectivity index (χ3n) is 2.62. The van der Waals surface area contributed by atoms with E-state index in [1.54, 1.807) is 30.0 Å². The van der Waals surface area contributed by atoms with Gasteiger partial charge < -0.3 is 10.4 Å². The summed E-state index contributed by atoms with van der Waals surface area (Å²) < 4.78 is 1.76. The predicted octanol–water partition coefficient (Wildman–Crippen LogP) is 1.51. The Morgan fingerprint density at radius 1 is 1.57 bits per heavy atom. The Balaban J connectivity index is 2.03. The van der Waals surface area contributed by atoms with Crippen molar-refractivity contribution in [3.63, 3.8) is 0 Å². The van der Waals surface area contributed by atoms with Gasteiger partial charge in [0.2, 0.25) is 5.91 Å². The molecule has 2 rings (SSSR count). The van der Waals surface area contributed by atoms with E-state index >= 15 is 0 Å². The van der Waals surface area contributed by atoms with E-state index in [9.17, 15) is 4.79 Å². The van der Waals surface area contributed by atoms with Gasteiger partial charge in [0.1, 0.15) is 6.33 Å². The van der Waals surface area contributed by atoms with Crippen molar-refractivity contribution in [1.29, 1.82) is 0 Å². The largest absolute Gasteiger partial charge is 0.394 e. The first kappa shape index (κ1) is 15.8. The molecule has 21 heavy (non-hydrogen) atoms. The minimum atomic E-state index is -0.260. The second kappa shape index (κ2) is 7.44. The Labute approximate surface area is 131 Å². The average Bonchev–Trinajstić information content (AvgIpc) is 2.93. The minimum absolute atomic E-state index is 0.0882. The Hall–Kier alpha value is -1.57.